The molecule has 6 rings (SSSR count). The van der Waals surface area contributed by atoms with Crippen LogP contribution >= 0.6 is 0 Å². The van der Waals surface area contributed by atoms with Gasteiger partial charge in [-0.1, -0.05) is 60.7 Å². The topological polar surface area (TPSA) is 533 Å². The Labute approximate surface area is 542 Å². The number of aliphatic hydroxyl groups is 2. The lowest BCUT2D eigenvalue weighted by Crippen LogP contribution is -2.49. The fourth-order valence-corrected chi connectivity index (χ4v) is 13.8. The lowest BCUT2D eigenvalue weighted by molar-refractivity contribution is -0.123. The Morgan fingerprint density at radius 1 is 0.500 bits per heavy atom. The molecule has 40 heteroatoms. The summed E-state index contributed by atoms with van der Waals surface area (Å²) in [6, 6.07) is 17.8. The minimum absolute atomic E-state index is 0.00972. The molecule has 2 atom stereocenters. The molecule has 94 heavy (non-hydrogen) atoms. The molecule has 0 bridgehead atoms. The molecule has 0 saturated heterocycles. The van der Waals surface area contributed by atoms with Crippen LogP contribution in [0.4, 0.5) is 35.2 Å². The molecule has 2 amide bonds. The number of anilines is 6. The first-order valence-electron chi connectivity index (χ1n) is 27.6. The van der Waals surface area contributed by atoms with Crippen molar-refractivity contribution in [1.82, 2.24) is 40.5 Å². The van der Waals surface area contributed by atoms with E-state index in [1.54, 1.807) is 30.3 Å². The van der Waals surface area contributed by atoms with E-state index < -0.39 is 157 Å². The lowest BCUT2D eigenvalue weighted by atomic mass is 10.1. The molecule has 4 aromatic carbocycles. The second-order valence-corrected chi connectivity index (χ2v) is 31.3. The molecule has 2 aromatic heterocycles. The molecule has 0 aliphatic carbocycles. The Bertz CT molecular complexity index is 4550. The molecule has 0 aliphatic rings. The van der Waals surface area contributed by atoms with E-state index in [1.165, 1.54) is 69.5 Å². The number of nitrogens with zero attached hydrogens (tertiary/aromatic N) is 8. The molecule has 12 N–H and O–H groups in total. The van der Waals surface area contributed by atoms with Gasteiger partial charge in [-0.15, -0.1) is 0 Å². The lowest BCUT2D eigenvalue weighted by Gasteiger charge is -2.27. The fourth-order valence-electron chi connectivity index (χ4n) is 9.30. The quantitative estimate of drug-likeness (QED) is 0.0213. The second-order valence-electron chi connectivity index (χ2n) is 22.8. The number of amides is 2. The summed E-state index contributed by atoms with van der Waals surface area (Å²) in [6.07, 6.45) is -0.886. The van der Waals surface area contributed by atoms with E-state index in [4.69, 9.17) is 0 Å². The molecular formula is C54H68N12O22S6. The first-order valence-corrected chi connectivity index (χ1v) is 36.6. The number of aromatic nitrogens is 6. The van der Waals surface area contributed by atoms with Gasteiger partial charge in [0.1, 0.15) is 26.3 Å². The van der Waals surface area contributed by atoms with Crippen molar-refractivity contribution in [2.75, 3.05) is 58.1 Å². The van der Waals surface area contributed by atoms with Crippen molar-refractivity contribution in [1.29, 1.82) is 0 Å². The van der Waals surface area contributed by atoms with Gasteiger partial charge in [-0.3, -0.25) is 36.9 Å². The molecule has 0 saturated carbocycles. The van der Waals surface area contributed by atoms with Crippen LogP contribution in [0.2, 0.25) is 0 Å². The molecule has 2 unspecified atom stereocenters. The van der Waals surface area contributed by atoms with Gasteiger partial charge in [0.15, 0.2) is 0 Å². The maximum Gasteiger partial charge on any atom is 0.296 e. The molecule has 512 valence electrons. The van der Waals surface area contributed by atoms with Crippen molar-refractivity contribution in [3.8, 4) is 0 Å². The average Bonchev–Trinajstić information content (AvgIpc) is 0.802. The highest BCUT2D eigenvalue weighted by molar-refractivity contribution is 7.87. The number of hydrogen-bond acceptors (Lipinski definition) is 26. The van der Waals surface area contributed by atoms with E-state index in [-0.39, 0.29) is 85.4 Å². The van der Waals surface area contributed by atoms with Crippen LogP contribution in [-0.2, 0) is 83.1 Å². The Hall–Kier alpha value is -7.84. The Morgan fingerprint density at radius 3 is 1.40 bits per heavy atom. The summed E-state index contributed by atoms with van der Waals surface area (Å²) < 4.78 is 208. The monoisotopic (exact) mass is 1430 g/mol. The minimum atomic E-state index is -5.23. The molecule has 0 aliphatic heterocycles. The van der Waals surface area contributed by atoms with Crippen LogP contribution in [0.3, 0.4) is 0 Å². The molecule has 0 fully saturated rings. The summed E-state index contributed by atoms with van der Waals surface area (Å²) >= 11 is 0. The zero-order chi connectivity index (χ0) is 70.2. The zero-order valence-electron chi connectivity index (χ0n) is 50.8. The van der Waals surface area contributed by atoms with Crippen LogP contribution in [0.5, 0.6) is 0 Å². The van der Waals surface area contributed by atoms with E-state index in [1.807, 2.05) is 0 Å². The van der Waals surface area contributed by atoms with Gasteiger partial charge < -0.3 is 41.3 Å². The highest BCUT2D eigenvalue weighted by Gasteiger charge is 2.30. The van der Waals surface area contributed by atoms with Crippen LogP contribution in [0.25, 0.3) is 12.2 Å². The summed E-state index contributed by atoms with van der Waals surface area (Å²) in [4.78, 5) is 52.1. The first kappa shape index (κ1) is 75.2. The normalized spacial score (nSPS) is 13.5. The first-order chi connectivity index (χ1) is 43.2. The van der Waals surface area contributed by atoms with Gasteiger partial charge in [0.2, 0.25) is 35.6 Å². The average molecular weight is 1430 g/mol. The maximum absolute atomic E-state index is 13.2. The highest BCUT2D eigenvalue weighted by atomic mass is 32.2. The number of carbonyl (C=O) groups is 2. The van der Waals surface area contributed by atoms with Gasteiger partial charge in [-0.25, -0.2) is 4.98 Å². The van der Waals surface area contributed by atoms with Crippen molar-refractivity contribution >= 4 is 120 Å². The van der Waals surface area contributed by atoms with Gasteiger partial charge in [-0.2, -0.15) is 75.4 Å². The van der Waals surface area contributed by atoms with E-state index in [9.17, 15) is 97.6 Å². The van der Waals surface area contributed by atoms with Crippen LogP contribution in [0.15, 0.2) is 105 Å². The SMILES string of the molecule is CC(O)CN(CCC(=O)NC(C)(C)CS(=O)(=O)O)c1nc(Cc2ccccc2)nc(Cc2ccc(/C=C/c3ccc(Nc4nc(Nc5cc(S(=O)(=O)O)ccc5S(=O)(=O)O)nc(N(CCC(=O)NC(C)(C)CS(=O)(=O)O)CC(C)O)n4)cc3S(=O)(=O)O)c(S(=O)(=O)O)c2)n1. The van der Waals surface area contributed by atoms with Gasteiger partial charge in [-0.05, 0) is 100 Å². The van der Waals surface area contributed by atoms with E-state index in [0.717, 1.165) is 35.9 Å². The zero-order valence-corrected chi connectivity index (χ0v) is 55.7. The number of hydrogen-bond donors (Lipinski definition) is 12. The highest BCUT2D eigenvalue weighted by Crippen LogP contribution is 2.31. The van der Waals surface area contributed by atoms with E-state index in [0.29, 0.717) is 18.2 Å². The molecule has 0 radical (unpaired) electrons. The Kier molecular flexibility index (Phi) is 23.9. The minimum Gasteiger partial charge on any atom is -0.392 e. The largest absolute Gasteiger partial charge is 0.392 e. The summed E-state index contributed by atoms with van der Waals surface area (Å²) in [6.45, 7) is 7.20. The third-order valence-electron chi connectivity index (χ3n) is 12.8. The third-order valence-corrected chi connectivity index (χ3v) is 18.6. The number of carbonyl (C=O) groups excluding carboxylic acids is 2. The summed E-state index contributed by atoms with van der Waals surface area (Å²) in [7, 11) is -29.6. The van der Waals surface area contributed by atoms with Crippen LogP contribution < -0.4 is 31.1 Å². The summed E-state index contributed by atoms with van der Waals surface area (Å²) in [5.74, 6) is -4.51. The van der Waals surface area contributed by atoms with E-state index >= 15 is 0 Å². The van der Waals surface area contributed by atoms with Crippen LogP contribution in [0.1, 0.15) is 88.3 Å². The second kappa shape index (κ2) is 29.8. The Morgan fingerprint density at radius 2 is 0.947 bits per heavy atom. The van der Waals surface area contributed by atoms with Gasteiger partial charge >= 0.3 is 0 Å². The maximum atomic E-state index is 13.2. The summed E-state index contributed by atoms with van der Waals surface area (Å²) in [5, 5.41) is 31.2. The third kappa shape index (κ3) is 23.9. The molecular weight excluding hydrogens is 1360 g/mol. The van der Waals surface area contributed by atoms with Gasteiger partial charge in [0.05, 0.1) is 45.4 Å². The van der Waals surface area contributed by atoms with Gasteiger partial charge in [0, 0.05) is 57.5 Å². The van der Waals surface area contributed by atoms with E-state index in [2.05, 4.69) is 51.2 Å². The van der Waals surface area contributed by atoms with Crippen LogP contribution in [-0.4, -0.2) is 191 Å². The number of rotatable bonds is 32. The van der Waals surface area contributed by atoms with Crippen molar-refractivity contribution in [3.05, 3.63) is 119 Å². The smallest absolute Gasteiger partial charge is 0.296 e. The molecule has 6 aromatic rings. The fraction of sp³-hybridized carbons (Fsp3) is 0.370. The van der Waals surface area contributed by atoms with Crippen molar-refractivity contribution in [2.24, 2.45) is 0 Å². The predicted octanol–water partition coefficient (Wildman–Crippen LogP) is 2.60. The number of nitrogens with one attached hydrogen (secondary N) is 4. The predicted molar refractivity (Wildman–Crippen MR) is 340 cm³/mol. The standard InChI is InChI=1S/C54H68N12O22S6/c1-33(67)29-65(22-20-47(69)63-53(3,4)31-89(71,72)73)51-58-45(25-35-10-8-7-9-11-35)57-46(59-51)26-36-12-13-37(43(24-36)93(83,84)85)14-15-38-16-17-39(27-44(38)94(86,87)88)55-49-60-50(56-41-28-40(91(77,78)79)18-19-42(41)92(80,81)82)62-52(61-49)66(30-34(2)68)23-21-48(70)64-54(5,6)32-90(74,75)76/h7-19,24,27-28,33-34,67-68H,20-23,25-26,29-32H2,1-6H3,(H,63,69)(H,64,70)(H,71,72,73)(H,74,75,76)(H,77,78,79)(H,80,81,82)(H,83,84,85)(H,86,87,88)(H2,55,56,60,61,62)/b15-14+. The van der Waals surface area contributed by atoms with Gasteiger partial charge in [0.25, 0.3) is 60.7 Å². The van der Waals surface area contributed by atoms with Crippen molar-refractivity contribution in [2.45, 2.75) is 110 Å². The number of benzene rings is 4. The molecule has 2 heterocycles. The van der Waals surface area contributed by atoms with Crippen molar-refractivity contribution in [3.63, 3.8) is 0 Å². The summed E-state index contributed by atoms with van der Waals surface area (Å²) in [5.41, 5.74) is -3.39. The molecule has 0 spiro atoms. The van der Waals surface area contributed by atoms with Crippen molar-refractivity contribution < 1.29 is 97.6 Å². The van der Waals surface area contributed by atoms with Crippen LogP contribution in [0, 0.1) is 0 Å². The molecule has 34 nitrogen and oxygen atoms in total. The Balaban J connectivity index is 1.37. The number of aliphatic hydroxyl groups excluding tert-OH is 2.